The minimum Gasteiger partial charge on any atom is -0.465 e. The molecule has 0 saturated carbocycles. The van der Waals surface area contributed by atoms with Crippen LogP contribution in [0.15, 0.2) is 0 Å². The fourth-order valence-electron chi connectivity index (χ4n) is 1.95. The predicted molar refractivity (Wildman–Crippen MR) is 84.9 cm³/mol. The fraction of sp³-hybridized carbons (Fsp3) is 0.938. The van der Waals surface area contributed by atoms with Gasteiger partial charge < -0.3 is 10.1 Å². The van der Waals surface area contributed by atoms with Crippen LogP contribution in [0, 0.1) is 0 Å². The molecule has 20 heavy (non-hydrogen) atoms. The van der Waals surface area contributed by atoms with Crippen LogP contribution in [0.5, 0.6) is 0 Å². The first kappa shape index (κ1) is 19.4. The Morgan fingerprint density at radius 1 is 1.05 bits per heavy atom. The number of rotatable bonds is 8. The lowest BCUT2D eigenvalue weighted by Gasteiger charge is -2.27. The quantitative estimate of drug-likeness (QED) is 0.532. The van der Waals surface area contributed by atoms with Gasteiger partial charge in [0.25, 0.3) is 0 Å². The van der Waals surface area contributed by atoms with Gasteiger partial charge in [0.1, 0.15) is 6.04 Å². The van der Waals surface area contributed by atoms with Crippen molar-refractivity contribution in [1.82, 2.24) is 10.6 Å². The van der Waals surface area contributed by atoms with Gasteiger partial charge in [-0.1, -0.05) is 6.42 Å². The lowest BCUT2D eigenvalue weighted by Crippen LogP contribution is -2.48. The Balaban J connectivity index is 4.13. The highest BCUT2D eigenvalue weighted by Gasteiger charge is 2.24. The Morgan fingerprint density at radius 3 is 2.10 bits per heavy atom. The van der Waals surface area contributed by atoms with Crippen LogP contribution < -0.4 is 10.6 Å². The third-order valence-corrected chi connectivity index (χ3v) is 2.75. The number of carbonyl (C=O) groups excluding carboxylic acids is 1. The molecule has 0 radical (unpaired) electrons. The van der Waals surface area contributed by atoms with Crippen molar-refractivity contribution in [2.24, 2.45) is 0 Å². The van der Waals surface area contributed by atoms with E-state index in [9.17, 15) is 4.79 Å². The zero-order valence-electron chi connectivity index (χ0n) is 14.4. The number of carbonyl (C=O) groups is 1. The van der Waals surface area contributed by atoms with Gasteiger partial charge in [-0.3, -0.25) is 10.1 Å². The van der Waals surface area contributed by atoms with Gasteiger partial charge in [0, 0.05) is 11.1 Å². The maximum absolute atomic E-state index is 11.9. The van der Waals surface area contributed by atoms with E-state index in [4.69, 9.17) is 4.74 Å². The maximum Gasteiger partial charge on any atom is 0.323 e. The summed E-state index contributed by atoms with van der Waals surface area (Å²) in [6.45, 7) is 16.0. The molecule has 0 spiro atoms. The minimum atomic E-state index is -0.204. The molecule has 0 bridgehead atoms. The first-order chi connectivity index (χ1) is 9.05. The number of esters is 1. The molecule has 0 fully saturated rings. The maximum atomic E-state index is 11.9. The van der Waals surface area contributed by atoms with Crippen molar-refractivity contribution in [2.75, 3.05) is 13.2 Å². The van der Waals surface area contributed by atoms with Gasteiger partial charge in [-0.15, -0.1) is 0 Å². The first-order valence-corrected chi connectivity index (χ1v) is 7.74. The lowest BCUT2D eigenvalue weighted by atomic mass is 10.0. The largest absolute Gasteiger partial charge is 0.465 e. The van der Waals surface area contributed by atoms with Crippen molar-refractivity contribution in [3.05, 3.63) is 0 Å². The Hall–Kier alpha value is -0.610. The Morgan fingerprint density at radius 2 is 1.65 bits per heavy atom. The summed E-state index contributed by atoms with van der Waals surface area (Å²) in [5.74, 6) is -0.133. The highest BCUT2D eigenvalue weighted by atomic mass is 16.5. The van der Waals surface area contributed by atoms with Crippen LogP contribution in [-0.4, -0.2) is 36.2 Å². The minimum absolute atomic E-state index is 0.0823. The number of ether oxygens (including phenoxy) is 1. The number of hydrogen-bond acceptors (Lipinski definition) is 4. The molecule has 0 rings (SSSR count). The molecular formula is C16H34N2O2. The van der Waals surface area contributed by atoms with Crippen molar-refractivity contribution in [3.63, 3.8) is 0 Å². The van der Waals surface area contributed by atoms with Gasteiger partial charge in [0.2, 0.25) is 0 Å². The van der Waals surface area contributed by atoms with Crippen molar-refractivity contribution in [2.45, 2.75) is 84.8 Å². The van der Waals surface area contributed by atoms with Crippen LogP contribution in [-0.2, 0) is 9.53 Å². The fourth-order valence-corrected chi connectivity index (χ4v) is 1.95. The summed E-state index contributed by atoms with van der Waals surface area (Å²) in [5, 5.41) is 6.81. The second kappa shape index (κ2) is 8.63. The van der Waals surface area contributed by atoms with Crippen molar-refractivity contribution in [3.8, 4) is 0 Å². The Bertz CT molecular complexity index is 277. The van der Waals surface area contributed by atoms with E-state index in [0.29, 0.717) is 6.61 Å². The van der Waals surface area contributed by atoms with Gasteiger partial charge in [0.05, 0.1) is 6.61 Å². The second-order valence-electron chi connectivity index (χ2n) is 7.37. The third kappa shape index (κ3) is 11.2. The predicted octanol–water partition coefficient (Wildman–Crippen LogP) is 2.86. The topological polar surface area (TPSA) is 50.4 Å². The zero-order chi connectivity index (χ0) is 15.8. The molecule has 0 saturated heterocycles. The van der Waals surface area contributed by atoms with Crippen molar-refractivity contribution in [1.29, 1.82) is 0 Å². The highest BCUT2D eigenvalue weighted by Crippen LogP contribution is 2.09. The molecule has 1 atom stereocenters. The smallest absolute Gasteiger partial charge is 0.323 e. The molecular weight excluding hydrogens is 252 g/mol. The molecule has 0 aliphatic heterocycles. The molecule has 4 heteroatoms. The standard InChI is InChI=1S/C16H34N2O2/c1-8-20-14(19)13(18-16(5,6)7)11-9-10-12-17-15(2,3)4/h13,17-18H,8-12H2,1-7H3. The number of unbranched alkanes of at least 4 members (excludes halogenated alkanes) is 1. The molecule has 0 aromatic rings. The van der Waals surface area contributed by atoms with Crippen LogP contribution in [0.1, 0.15) is 67.7 Å². The molecule has 0 aliphatic carbocycles. The second-order valence-corrected chi connectivity index (χ2v) is 7.37. The Labute approximate surface area is 125 Å². The summed E-state index contributed by atoms with van der Waals surface area (Å²) >= 11 is 0. The number of hydrogen-bond donors (Lipinski definition) is 2. The average molecular weight is 286 g/mol. The van der Waals surface area contributed by atoms with E-state index in [1.165, 1.54) is 0 Å². The monoisotopic (exact) mass is 286 g/mol. The van der Waals surface area contributed by atoms with Gasteiger partial charge >= 0.3 is 5.97 Å². The molecule has 120 valence electrons. The van der Waals surface area contributed by atoms with Gasteiger partial charge in [-0.25, -0.2) is 0 Å². The zero-order valence-corrected chi connectivity index (χ0v) is 14.4. The summed E-state index contributed by atoms with van der Waals surface area (Å²) in [7, 11) is 0. The summed E-state index contributed by atoms with van der Waals surface area (Å²) in [6.07, 6.45) is 2.90. The van der Waals surface area contributed by atoms with E-state index >= 15 is 0 Å². The van der Waals surface area contributed by atoms with E-state index in [2.05, 4.69) is 52.2 Å². The molecule has 0 aromatic carbocycles. The van der Waals surface area contributed by atoms with E-state index in [-0.39, 0.29) is 23.1 Å². The van der Waals surface area contributed by atoms with Gasteiger partial charge in [-0.2, -0.15) is 0 Å². The highest BCUT2D eigenvalue weighted by molar-refractivity contribution is 5.75. The van der Waals surface area contributed by atoms with E-state index < -0.39 is 0 Å². The van der Waals surface area contributed by atoms with E-state index in [1.54, 1.807) is 0 Å². The summed E-state index contributed by atoms with van der Waals surface area (Å²) in [4.78, 5) is 11.9. The molecule has 0 aromatic heterocycles. The van der Waals surface area contributed by atoms with Crippen molar-refractivity contribution < 1.29 is 9.53 Å². The van der Waals surface area contributed by atoms with Gasteiger partial charge in [-0.05, 0) is 67.9 Å². The summed E-state index contributed by atoms with van der Waals surface area (Å²) in [6, 6.07) is -0.204. The van der Waals surface area contributed by atoms with Crippen LogP contribution in [0.3, 0.4) is 0 Å². The lowest BCUT2D eigenvalue weighted by molar-refractivity contribution is -0.146. The normalized spacial score (nSPS) is 14.2. The Kier molecular flexibility index (Phi) is 8.36. The van der Waals surface area contributed by atoms with Crippen molar-refractivity contribution >= 4 is 5.97 Å². The van der Waals surface area contributed by atoms with Crippen LogP contribution in [0.4, 0.5) is 0 Å². The molecule has 1 unspecified atom stereocenters. The average Bonchev–Trinajstić information content (AvgIpc) is 2.24. The SMILES string of the molecule is CCOC(=O)C(CCCCNC(C)(C)C)NC(C)(C)C. The van der Waals surface area contributed by atoms with Gasteiger partial charge in [0.15, 0.2) is 0 Å². The molecule has 4 nitrogen and oxygen atoms in total. The summed E-state index contributed by atoms with van der Waals surface area (Å²) in [5.41, 5.74) is 0.0747. The van der Waals surface area contributed by atoms with Crippen LogP contribution in [0.2, 0.25) is 0 Å². The molecule has 0 heterocycles. The van der Waals surface area contributed by atoms with E-state index in [1.807, 2.05) is 6.92 Å². The molecule has 0 amide bonds. The number of nitrogens with one attached hydrogen (secondary N) is 2. The van der Waals surface area contributed by atoms with Crippen LogP contribution in [0.25, 0.3) is 0 Å². The summed E-state index contributed by atoms with van der Waals surface area (Å²) < 4.78 is 5.14. The third-order valence-electron chi connectivity index (χ3n) is 2.75. The molecule has 0 aliphatic rings. The molecule has 2 N–H and O–H groups in total. The first-order valence-electron chi connectivity index (χ1n) is 7.74. The van der Waals surface area contributed by atoms with E-state index in [0.717, 1.165) is 25.8 Å². The van der Waals surface area contributed by atoms with Crippen LogP contribution >= 0.6 is 0 Å².